The van der Waals surface area contributed by atoms with Gasteiger partial charge in [0.05, 0.1) is 16.5 Å². The summed E-state index contributed by atoms with van der Waals surface area (Å²) in [7, 11) is 0. The zero-order chi connectivity index (χ0) is 47.1. The summed E-state index contributed by atoms with van der Waals surface area (Å²) < 4.78 is 6.59. The molecule has 0 N–H and O–H groups in total. The second-order valence-electron chi connectivity index (χ2n) is 19.4. The van der Waals surface area contributed by atoms with E-state index in [9.17, 15) is 0 Å². The highest BCUT2D eigenvalue weighted by Gasteiger charge is 2.52. The van der Waals surface area contributed by atoms with Crippen LogP contribution in [0.4, 0.5) is 17.1 Å². The van der Waals surface area contributed by atoms with E-state index in [4.69, 9.17) is 4.42 Å². The van der Waals surface area contributed by atoms with E-state index in [0.717, 1.165) is 50.1 Å². The van der Waals surface area contributed by atoms with Crippen LogP contribution in [0.15, 0.2) is 273 Å². The number of hydrogen-bond acceptors (Lipinski definition) is 4. The van der Waals surface area contributed by atoms with Crippen molar-refractivity contribution in [3.63, 3.8) is 0 Å². The van der Waals surface area contributed by atoms with Crippen LogP contribution in [-0.4, -0.2) is 0 Å². The maximum atomic E-state index is 6.59. The molecule has 3 heterocycles. The van der Waals surface area contributed by atoms with Crippen LogP contribution < -0.4 is 4.90 Å². The van der Waals surface area contributed by atoms with Crippen molar-refractivity contribution in [3.8, 4) is 33.4 Å². The number of hydrogen-bond donors (Lipinski definition) is 0. The first-order chi connectivity index (χ1) is 35.7. The van der Waals surface area contributed by atoms with E-state index in [1.54, 1.807) is 0 Å². The monoisotopic (exact) mass is 951 g/mol. The number of anilines is 3. The Hall–Kier alpha value is -8.28. The zero-order valence-electron chi connectivity index (χ0n) is 38.8. The molecular weight excluding hydrogens is 911 g/mol. The lowest BCUT2D eigenvalue weighted by atomic mass is 9.67. The van der Waals surface area contributed by atoms with E-state index < -0.39 is 10.8 Å². The van der Waals surface area contributed by atoms with E-state index in [1.807, 2.05) is 29.6 Å². The van der Waals surface area contributed by atoms with Gasteiger partial charge in [-0.1, -0.05) is 212 Å². The molecule has 2 spiro atoms. The number of benzene rings is 11. The Morgan fingerprint density at radius 1 is 0.319 bits per heavy atom. The van der Waals surface area contributed by atoms with Gasteiger partial charge < -0.3 is 9.32 Å². The number of fused-ring (bicyclic) bond motifs is 21. The second-order valence-corrected chi connectivity index (χ2v) is 21.5. The lowest BCUT2D eigenvalue weighted by Gasteiger charge is -2.40. The van der Waals surface area contributed by atoms with Gasteiger partial charge in [-0.05, 0) is 127 Å². The van der Waals surface area contributed by atoms with Gasteiger partial charge in [-0.3, -0.25) is 0 Å². The van der Waals surface area contributed by atoms with Crippen LogP contribution in [0.2, 0.25) is 0 Å². The predicted molar refractivity (Wildman–Crippen MR) is 297 cm³/mol. The average molecular weight is 952 g/mol. The second kappa shape index (κ2) is 15.1. The molecule has 12 aromatic rings. The Kier molecular flexibility index (Phi) is 8.49. The van der Waals surface area contributed by atoms with Crippen LogP contribution in [0.25, 0.3) is 55.3 Å². The van der Waals surface area contributed by atoms with E-state index in [-0.39, 0.29) is 0 Å². The van der Waals surface area contributed by atoms with Crippen molar-refractivity contribution in [2.75, 3.05) is 4.90 Å². The molecule has 0 saturated carbocycles. The highest BCUT2D eigenvalue weighted by molar-refractivity contribution is 7.99. The number of furan rings is 1. The standard InChI is InChI=1S/C68H41NOS2/c1-4-22-51-46(17-1)50-41-44(39-40-53(50)67(51)54-24-6-11-31-61(54)71-62-32-12-7-25-55(62)67)69(43-37-35-42(36-38-43)45-20-15-21-48-47-18-3-10-30-60(47)70-66(45)48)59-29-16-28-58-65(59)49-19-2-5-23-52(49)68(58)56-26-8-13-33-63(56)72-64-34-14-9-27-57(64)68/h1-41H. The molecule has 0 amide bonds. The summed E-state index contributed by atoms with van der Waals surface area (Å²) in [4.78, 5) is 7.74. The summed E-state index contributed by atoms with van der Waals surface area (Å²) in [6.45, 7) is 0. The normalized spacial score (nSPS) is 14.5. The first-order valence-corrected chi connectivity index (χ1v) is 26.4. The third kappa shape index (κ3) is 5.27. The first kappa shape index (κ1) is 40.4. The SMILES string of the molecule is c1ccc2c(c1)Sc1ccccc1C21c2ccccc2-c2cc(N(c3ccc(-c4cccc5c4oc4ccccc45)cc3)c3cccc4c3-c3ccccc3C43c4ccccc4Sc4ccccc43)ccc21. The molecule has 11 aromatic carbocycles. The minimum atomic E-state index is -0.510. The number of rotatable bonds is 4. The lowest BCUT2D eigenvalue weighted by molar-refractivity contribution is 0.670. The maximum Gasteiger partial charge on any atom is 0.143 e. The largest absolute Gasteiger partial charge is 0.455 e. The van der Waals surface area contributed by atoms with Crippen molar-refractivity contribution >= 4 is 62.5 Å². The fourth-order valence-electron chi connectivity index (χ4n) is 13.2. The van der Waals surface area contributed by atoms with Gasteiger partial charge in [0.1, 0.15) is 11.2 Å². The van der Waals surface area contributed by atoms with Crippen molar-refractivity contribution < 1.29 is 4.42 Å². The van der Waals surface area contributed by atoms with Gasteiger partial charge in [-0.25, -0.2) is 0 Å². The van der Waals surface area contributed by atoms with Crippen molar-refractivity contribution in [1.29, 1.82) is 0 Å². The fourth-order valence-corrected chi connectivity index (χ4v) is 15.6. The smallest absolute Gasteiger partial charge is 0.143 e. The maximum absolute atomic E-state index is 6.59. The summed E-state index contributed by atoms with van der Waals surface area (Å²) >= 11 is 3.77. The summed E-state index contributed by atoms with van der Waals surface area (Å²) in [6, 6.07) is 93.0. The van der Waals surface area contributed by atoms with Gasteiger partial charge >= 0.3 is 0 Å². The summed E-state index contributed by atoms with van der Waals surface area (Å²) in [5, 5.41) is 2.26. The molecule has 0 unspecified atom stereocenters. The zero-order valence-corrected chi connectivity index (χ0v) is 40.5. The van der Waals surface area contributed by atoms with Gasteiger partial charge in [0.2, 0.25) is 0 Å². The molecule has 336 valence electrons. The minimum Gasteiger partial charge on any atom is -0.455 e. The Morgan fingerprint density at radius 2 is 0.778 bits per heavy atom. The molecule has 2 nitrogen and oxygen atoms in total. The topological polar surface area (TPSA) is 16.4 Å². The van der Waals surface area contributed by atoms with Crippen molar-refractivity contribution in [2.45, 2.75) is 30.4 Å². The summed E-state index contributed by atoms with van der Waals surface area (Å²) in [6.07, 6.45) is 0. The van der Waals surface area contributed by atoms with Gasteiger partial charge in [0, 0.05) is 52.9 Å². The van der Waals surface area contributed by atoms with E-state index in [2.05, 4.69) is 248 Å². The Bertz CT molecular complexity index is 4170. The number of nitrogens with zero attached hydrogens (tertiary/aromatic N) is 1. The minimum absolute atomic E-state index is 0.466. The van der Waals surface area contributed by atoms with Gasteiger partial charge in [0.25, 0.3) is 0 Å². The molecule has 4 aliphatic rings. The Balaban J connectivity index is 0.958. The molecule has 0 fully saturated rings. The van der Waals surface area contributed by atoms with E-state index in [1.165, 1.54) is 86.3 Å². The summed E-state index contributed by atoms with van der Waals surface area (Å²) in [5.74, 6) is 0. The van der Waals surface area contributed by atoms with Crippen molar-refractivity contribution in [1.82, 2.24) is 0 Å². The van der Waals surface area contributed by atoms with Crippen LogP contribution >= 0.6 is 23.5 Å². The lowest BCUT2D eigenvalue weighted by Crippen LogP contribution is -2.32. The molecule has 1 aromatic heterocycles. The van der Waals surface area contributed by atoms with E-state index in [0.29, 0.717) is 0 Å². The molecule has 0 atom stereocenters. The molecule has 4 heteroatoms. The molecule has 2 aliphatic carbocycles. The van der Waals surface area contributed by atoms with Crippen molar-refractivity contribution in [2.24, 2.45) is 0 Å². The van der Waals surface area contributed by atoms with Crippen LogP contribution in [0.5, 0.6) is 0 Å². The molecule has 2 aliphatic heterocycles. The van der Waals surface area contributed by atoms with Crippen molar-refractivity contribution in [3.05, 3.63) is 293 Å². The average Bonchev–Trinajstić information content (AvgIpc) is 4.07. The highest BCUT2D eigenvalue weighted by atomic mass is 32.2. The summed E-state index contributed by atoms with van der Waals surface area (Å²) in [5.41, 5.74) is 22.0. The van der Waals surface area contributed by atoms with E-state index >= 15 is 0 Å². The molecule has 0 bridgehead atoms. The van der Waals surface area contributed by atoms with Gasteiger partial charge in [0.15, 0.2) is 0 Å². The predicted octanol–water partition coefficient (Wildman–Crippen LogP) is 18.4. The highest BCUT2D eigenvalue weighted by Crippen LogP contribution is 2.66. The molecule has 0 radical (unpaired) electrons. The number of para-hydroxylation sites is 2. The fraction of sp³-hybridized carbons (Fsp3) is 0.0294. The third-order valence-electron chi connectivity index (χ3n) is 16.0. The van der Waals surface area contributed by atoms with Crippen LogP contribution in [0.3, 0.4) is 0 Å². The van der Waals surface area contributed by atoms with Crippen LogP contribution in [-0.2, 0) is 10.8 Å². The first-order valence-electron chi connectivity index (χ1n) is 24.7. The molecule has 72 heavy (non-hydrogen) atoms. The molecular formula is C68H41NOS2. The quantitative estimate of drug-likeness (QED) is 0.175. The van der Waals surface area contributed by atoms with Crippen LogP contribution in [0, 0.1) is 0 Å². The Labute approximate surface area is 426 Å². The van der Waals surface area contributed by atoms with Crippen LogP contribution in [0.1, 0.15) is 44.5 Å². The molecule has 16 rings (SSSR count). The Morgan fingerprint density at radius 3 is 1.43 bits per heavy atom. The third-order valence-corrected chi connectivity index (χ3v) is 18.3. The molecule has 0 saturated heterocycles. The van der Waals surface area contributed by atoms with Gasteiger partial charge in [-0.2, -0.15) is 0 Å². The van der Waals surface area contributed by atoms with Gasteiger partial charge in [-0.15, -0.1) is 0 Å².